The van der Waals surface area contributed by atoms with Gasteiger partial charge in [-0.15, -0.1) is 4.68 Å². The summed E-state index contributed by atoms with van der Waals surface area (Å²) in [5, 5.41) is 26.4. The molecule has 2 aromatic rings. The summed E-state index contributed by atoms with van der Waals surface area (Å²) in [5.41, 5.74) is 0.933. The second-order valence-corrected chi connectivity index (χ2v) is 9.06. The second kappa shape index (κ2) is 7.73. The number of aromatic nitrogens is 3. The monoisotopic (exact) mass is 433 g/mol. The van der Waals surface area contributed by atoms with Crippen molar-refractivity contribution < 1.29 is 32.2 Å². The van der Waals surface area contributed by atoms with Gasteiger partial charge in [-0.25, -0.2) is 4.57 Å². The molecule has 11 heteroatoms. The number of aryl methyl sites for hydroxylation is 1. The van der Waals surface area contributed by atoms with E-state index < -0.39 is 7.25 Å². The van der Waals surface area contributed by atoms with E-state index >= 15 is 0 Å². The minimum absolute atomic E-state index is 0.00749. The van der Waals surface area contributed by atoms with Gasteiger partial charge >= 0.3 is 7.25 Å². The Hall–Kier alpha value is -1.91. The highest BCUT2D eigenvalue weighted by atomic mass is 32.2. The van der Waals surface area contributed by atoms with Crippen LogP contribution in [0.1, 0.15) is 37.1 Å². The third-order valence-electron chi connectivity index (χ3n) is 6.05. The van der Waals surface area contributed by atoms with E-state index in [1.54, 1.807) is 18.2 Å². The van der Waals surface area contributed by atoms with Gasteiger partial charge in [0, 0.05) is 23.2 Å². The quantitative estimate of drug-likeness (QED) is 0.334. The van der Waals surface area contributed by atoms with Crippen molar-refractivity contribution >= 4 is 19.0 Å². The normalized spacial score (nSPS) is 25.8. The maximum Gasteiger partial charge on any atom is 0.673 e. The molecule has 2 aliphatic rings. The molecule has 2 saturated carbocycles. The first-order valence-corrected chi connectivity index (χ1v) is 10.2. The lowest BCUT2D eigenvalue weighted by Crippen LogP contribution is -2.33. The summed E-state index contributed by atoms with van der Waals surface area (Å²) in [7, 11) is -1.96. The summed E-state index contributed by atoms with van der Waals surface area (Å²) >= 11 is 1.87. The highest BCUT2D eigenvalue weighted by Crippen LogP contribution is 2.60. The van der Waals surface area contributed by atoms with Crippen LogP contribution in [-0.2, 0) is 19.5 Å². The zero-order valence-corrected chi connectivity index (χ0v) is 17.3. The molecule has 4 rings (SSSR count). The molecule has 2 aliphatic carbocycles. The number of phenolic OH excluding ortho intramolecular Hbond substituents is 2. The van der Waals surface area contributed by atoms with E-state index in [1.807, 2.05) is 23.5 Å². The SMILES string of the molecule is Cc1n(C)c(SC2CC3(c4cc(O)ccc4O)CCC2C3)n[n+]1C.F[B-](F)(F)F. The van der Waals surface area contributed by atoms with Gasteiger partial charge in [0.1, 0.15) is 18.5 Å². The molecule has 160 valence electrons. The van der Waals surface area contributed by atoms with Crippen LogP contribution in [0, 0.1) is 12.8 Å². The largest absolute Gasteiger partial charge is 0.673 e. The Morgan fingerprint density at radius 3 is 2.48 bits per heavy atom. The van der Waals surface area contributed by atoms with Crippen LogP contribution in [0.3, 0.4) is 0 Å². The molecule has 0 saturated heterocycles. The number of rotatable bonds is 3. The first kappa shape index (κ1) is 21.8. The summed E-state index contributed by atoms with van der Waals surface area (Å²) in [6.45, 7) is 2.07. The van der Waals surface area contributed by atoms with E-state index in [9.17, 15) is 27.5 Å². The topological polar surface area (TPSA) is 62.2 Å². The molecule has 0 aliphatic heterocycles. The Morgan fingerprint density at radius 2 is 1.90 bits per heavy atom. The lowest BCUT2D eigenvalue weighted by molar-refractivity contribution is -0.736. The average Bonchev–Trinajstić information content (AvgIpc) is 3.25. The lowest BCUT2D eigenvalue weighted by Gasteiger charge is -2.30. The predicted molar refractivity (Wildman–Crippen MR) is 102 cm³/mol. The van der Waals surface area contributed by atoms with Crippen LogP contribution in [0.2, 0.25) is 0 Å². The van der Waals surface area contributed by atoms with E-state index in [-0.39, 0.29) is 11.2 Å². The molecule has 0 radical (unpaired) electrons. The van der Waals surface area contributed by atoms with Crippen molar-refractivity contribution in [2.45, 2.75) is 48.4 Å². The lowest BCUT2D eigenvalue weighted by atomic mass is 9.77. The molecule has 1 aromatic heterocycles. The number of fused-ring (bicyclic) bond motifs is 2. The number of phenols is 2. The van der Waals surface area contributed by atoms with Crippen molar-refractivity contribution in [3.05, 3.63) is 29.6 Å². The highest BCUT2D eigenvalue weighted by molar-refractivity contribution is 7.99. The number of hydrogen-bond donors (Lipinski definition) is 2. The van der Waals surface area contributed by atoms with Gasteiger partial charge in [0.2, 0.25) is 0 Å². The van der Waals surface area contributed by atoms with Gasteiger partial charge in [0.05, 0.1) is 7.05 Å². The molecule has 1 heterocycles. The number of nitrogens with zero attached hydrogens (tertiary/aromatic N) is 3. The molecule has 5 nitrogen and oxygen atoms in total. The standard InChI is InChI=1S/C18H23N3O2S.BF4/c1-11-20(2)17(19-21(11)3)24-16-10-18(7-6-12(16)9-18)14-8-13(22)4-5-15(14)23;2-1(3,4)5/h4-5,8,12,16H,6-7,9-10H2,1-3H3,(H-,22,23);/q;-1/p+1. The van der Waals surface area contributed by atoms with Crippen molar-refractivity contribution in [1.29, 1.82) is 0 Å². The molecule has 0 spiro atoms. The van der Waals surface area contributed by atoms with E-state index in [0.29, 0.717) is 16.9 Å². The minimum Gasteiger partial charge on any atom is -0.508 e. The van der Waals surface area contributed by atoms with Crippen LogP contribution in [0.5, 0.6) is 11.5 Å². The highest BCUT2D eigenvalue weighted by Gasteiger charge is 2.53. The van der Waals surface area contributed by atoms with Gasteiger partial charge < -0.3 is 27.5 Å². The predicted octanol–water partition coefficient (Wildman–Crippen LogP) is 3.87. The molecule has 3 unspecified atom stereocenters. The van der Waals surface area contributed by atoms with Crippen LogP contribution in [0.15, 0.2) is 23.4 Å². The average molecular weight is 433 g/mol. The van der Waals surface area contributed by atoms with Crippen LogP contribution >= 0.6 is 11.8 Å². The zero-order valence-electron chi connectivity index (χ0n) is 16.4. The van der Waals surface area contributed by atoms with Gasteiger partial charge in [-0.2, -0.15) is 0 Å². The Bertz CT molecular complexity index is 902. The van der Waals surface area contributed by atoms with Crippen molar-refractivity contribution in [2.75, 3.05) is 0 Å². The van der Waals surface area contributed by atoms with Crippen molar-refractivity contribution in [3.63, 3.8) is 0 Å². The summed E-state index contributed by atoms with van der Waals surface area (Å²) in [4.78, 5) is 0. The smallest absolute Gasteiger partial charge is 0.508 e. The molecule has 0 amide bonds. The Labute approximate surface area is 170 Å². The molecule has 2 N–H and O–H groups in total. The maximum atomic E-state index is 10.3. The van der Waals surface area contributed by atoms with E-state index in [0.717, 1.165) is 35.8 Å². The van der Waals surface area contributed by atoms with Crippen LogP contribution in [0.4, 0.5) is 17.3 Å². The Kier molecular flexibility index (Phi) is 5.81. The molecule has 2 fully saturated rings. The van der Waals surface area contributed by atoms with E-state index in [1.165, 1.54) is 6.42 Å². The van der Waals surface area contributed by atoms with Gasteiger partial charge in [-0.1, -0.05) is 11.8 Å². The summed E-state index contributed by atoms with van der Waals surface area (Å²) in [6.07, 6.45) is 4.41. The summed E-state index contributed by atoms with van der Waals surface area (Å²) in [5.74, 6) is 2.35. The Balaban J connectivity index is 0.000000431. The molecule has 1 aromatic carbocycles. The number of benzene rings is 1. The third-order valence-corrected chi connectivity index (χ3v) is 7.47. The first-order chi connectivity index (χ1) is 13.4. The minimum atomic E-state index is -6.00. The first-order valence-electron chi connectivity index (χ1n) is 9.36. The number of halogens is 4. The maximum absolute atomic E-state index is 10.3. The molecule has 2 bridgehead atoms. The number of hydrogen-bond acceptors (Lipinski definition) is 4. The van der Waals surface area contributed by atoms with Gasteiger partial charge in [-0.05, 0) is 54.9 Å². The number of aromatic hydroxyl groups is 2. The van der Waals surface area contributed by atoms with E-state index in [4.69, 9.17) is 0 Å². The number of thioether (sulfide) groups is 1. The Morgan fingerprint density at radius 1 is 1.24 bits per heavy atom. The molecule has 29 heavy (non-hydrogen) atoms. The zero-order chi connectivity index (χ0) is 21.6. The molecular weight excluding hydrogens is 409 g/mol. The summed E-state index contributed by atoms with van der Waals surface area (Å²) in [6, 6.07) is 4.94. The third kappa shape index (κ3) is 4.65. The van der Waals surface area contributed by atoms with Crippen molar-refractivity contribution in [2.24, 2.45) is 20.0 Å². The van der Waals surface area contributed by atoms with E-state index in [2.05, 4.69) is 23.6 Å². The molecule has 3 atom stereocenters. The van der Waals surface area contributed by atoms with Gasteiger partial charge in [0.25, 0.3) is 11.0 Å². The fourth-order valence-corrected chi connectivity index (χ4v) is 6.08. The van der Waals surface area contributed by atoms with Gasteiger partial charge in [-0.3, -0.25) is 0 Å². The molecular formula is C18H24BF4N3O2S. The van der Waals surface area contributed by atoms with Crippen molar-refractivity contribution in [3.8, 4) is 11.5 Å². The van der Waals surface area contributed by atoms with Gasteiger partial charge in [0.15, 0.2) is 0 Å². The second-order valence-electron chi connectivity index (χ2n) is 7.85. The van der Waals surface area contributed by atoms with Crippen LogP contribution in [0.25, 0.3) is 0 Å². The van der Waals surface area contributed by atoms with Crippen LogP contribution < -0.4 is 4.68 Å². The van der Waals surface area contributed by atoms with Crippen molar-refractivity contribution in [1.82, 2.24) is 9.67 Å². The summed E-state index contributed by atoms with van der Waals surface area (Å²) < 4.78 is 43.1. The fourth-order valence-electron chi connectivity index (χ4n) is 4.52. The fraction of sp³-hybridized carbons (Fsp3) is 0.556. The van der Waals surface area contributed by atoms with Crippen LogP contribution in [-0.4, -0.2) is 32.4 Å².